The van der Waals surface area contributed by atoms with E-state index in [9.17, 15) is 4.79 Å². The van der Waals surface area contributed by atoms with Crippen LogP contribution in [0.25, 0.3) is 5.65 Å². The van der Waals surface area contributed by atoms with Crippen molar-refractivity contribution in [3.63, 3.8) is 0 Å². The molecule has 0 radical (unpaired) electrons. The van der Waals surface area contributed by atoms with Gasteiger partial charge in [-0.05, 0) is 6.92 Å². The van der Waals surface area contributed by atoms with Gasteiger partial charge >= 0.3 is 0 Å². The highest BCUT2D eigenvalue weighted by molar-refractivity contribution is 5.98. The molecule has 1 N–H and O–H groups in total. The lowest BCUT2D eigenvalue weighted by molar-refractivity contribution is 0.0651. The maximum absolute atomic E-state index is 12.5. The standard InChI is InChI=1S/C12H15N5O.2ClH/c1-9-8-13-2-7-17(9)12(18)10-11-15-4-6-16(11)5-3-14-10;;/h3-6,9,13H,2,7-8H2,1H3;2*1H/t9-;;/m1../s1. The maximum Gasteiger partial charge on any atom is 0.276 e. The van der Waals surface area contributed by atoms with Gasteiger partial charge in [0.05, 0.1) is 0 Å². The Kier molecular flexibility index (Phi) is 5.74. The number of hydrogen-bond acceptors (Lipinski definition) is 4. The molecule has 0 bridgehead atoms. The van der Waals surface area contributed by atoms with Gasteiger partial charge in [0.15, 0.2) is 11.3 Å². The van der Waals surface area contributed by atoms with E-state index in [2.05, 4.69) is 15.3 Å². The molecule has 3 rings (SSSR count). The van der Waals surface area contributed by atoms with Crippen LogP contribution in [0, 0.1) is 0 Å². The molecule has 1 aliphatic rings. The second kappa shape index (κ2) is 6.88. The minimum absolute atomic E-state index is 0. The zero-order valence-corrected chi connectivity index (χ0v) is 12.7. The van der Waals surface area contributed by atoms with Crippen LogP contribution in [0.15, 0.2) is 24.8 Å². The van der Waals surface area contributed by atoms with Gasteiger partial charge in [-0.1, -0.05) is 0 Å². The summed E-state index contributed by atoms with van der Waals surface area (Å²) in [4.78, 5) is 22.7. The Morgan fingerprint density at radius 3 is 2.70 bits per heavy atom. The van der Waals surface area contributed by atoms with Crippen molar-refractivity contribution in [3.8, 4) is 0 Å². The molecule has 6 nitrogen and oxygen atoms in total. The molecule has 2 aromatic rings. The number of rotatable bonds is 1. The summed E-state index contributed by atoms with van der Waals surface area (Å²) in [7, 11) is 0. The molecular formula is C12H17Cl2N5O. The average Bonchev–Trinajstić information content (AvgIpc) is 2.86. The number of amides is 1. The maximum atomic E-state index is 12.5. The highest BCUT2D eigenvalue weighted by atomic mass is 35.5. The minimum atomic E-state index is -0.0409. The van der Waals surface area contributed by atoms with E-state index in [-0.39, 0.29) is 36.8 Å². The number of fused-ring (bicyclic) bond motifs is 1. The van der Waals surface area contributed by atoms with Crippen LogP contribution in [0.2, 0.25) is 0 Å². The topological polar surface area (TPSA) is 62.5 Å². The fraction of sp³-hybridized carbons (Fsp3) is 0.417. The first-order chi connectivity index (χ1) is 8.77. The molecule has 3 heterocycles. The van der Waals surface area contributed by atoms with Crippen LogP contribution in [0.4, 0.5) is 0 Å². The van der Waals surface area contributed by atoms with Crippen molar-refractivity contribution in [2.45, 2.75) is 13.0 Å². The smallest absolute Gasteiger partial charge is 0.276 e. The van der Waals surface area contributed by atoms with Crippen LogP contribution in [0.5, 0.6) is 0 Å². The predicted molar refractivity (Wildman–Crippen MR) is 80.9 cm³/mol. The van der Waals surface area contributed by atoms with Crippen LogP contribution < -0.4 is 5.32 Å². The van der Waals surface area contributed by atoms with Gasteiger partial charge in [-0.2, -0.15) is 0 Å². The van der Waals surface area contributed by atoms with E-state index in [0.717, 1.165) is 13.1 Å². The molecule has 0 saturated carbocycles. The highest BCUT2D eigenvalue weighted by Crippen LogP contribution is 2.12. The summed E-state index contributed by atoms with van der Waals surface area (Å²) in [5, 5.41) is 3.27. The van der Waals surface area contributed by atoms with Crippen molar-refractivity contribution < 1.29 is 4.79 Å². The first kappa shape index (κ1) is 16.7. The molecule has 0 unspecified atom stereocenters. The van der Waals surface area contributed by atoms with E-state index in [1.807, 2.05) is 22.4 Å². The Morgan fingerprint density at radius 1 is 1.30 bits per heavy atom. The number of imidazole rings is 1. The van der Waals surface area contributed by atoms with E-state index in [1.54, 1.807) is 18.6 Å². The fourth-order valence-electron chi connectivity index (χ4n) is 2.28. The lowest BCUT2D eigenvalue weighted by Crippen LogP contribution is -2.52. The monoisotopic (exact) mass is 317 g/mol. The van der Waals surface area contributed by atoms with Crippen LogP contribution in [0.3, 0.4) is 0 Å². The normalized spacial score (nSPS) is 18.2. The lowest BCUT2D eigenvalue weighted by Gasteiger charge is -2.33. The quantitative estimate of drug-likeness (QED) is 0.852. The molecule has 0 aromatic carbocycles. The first-order valence-corrected chi connectivity index (χ1v) is 6.07. The molecule has 20 heavy (non-hydrogen) atoms. The van der Waals surface area contributed by atoms with Gasteiger partial charge in [-0.15, -0.1) is 24.8 Å². The third-order valence-electron chi connectivity index (χ3n) is 3.28. The lowest BCUT2D eigenvalue weighted by atomic mass is 10.2. The van der Waals surface area contributed by atoms with Gasteiger partial charge in [0, 0.05) is 50.5 Å². The number of nitrogens with one attached hydrogen (secondary N) is 1. The van der Waals surface area contributed by atoms with Crippen molar-refractivity contribution >= 4 is 36.4 Å². The van der Waals surface area contributed by atoms with E-state index in [4.69, 9.17) is 0 Å². The molecule has 1 amide bonds. The van der Waals surface area contributed by atoms with Crippen molar-refractivity contribution in [1.29, 1.82) is 0 Å². The summed E-state index contributed by atoms with van der Waals surface area (Å²) in [6.45, 7) is 4.40. The average molecular weight is 318 g/mol. The van der Waals surface area contributed by atoms with E-state index < -0.39 is 0 Å². The Morgan fingerprint density at radius 2 is 2.00 bits per heavy atom. The van der Waals surface area contributed by atoms with Gasteiger partial charge in [0.25, 0.3) is 5.91 Å². The zero-order chi connectivity index (χ0) is 12.5. The number of piperazine rings is 1. The second-order valence-corrected chi connectivity index (χ2v) is 4.49. The number of carbonyl (C=O) groups excluding carboxylic acids is 1. The van der Waals surface area contributed by atoms with Crippen molar-refractivity contribution in [3.05, 3.63) is 30.5 Å². The van der Waals surface area contributed by atoms with Gasteiger partial charge in [-0.3, -0.25) is 4.79 Å². The van der Waals surface area contributed by atoms with Crippen molar-refractivity contribution in [2.24, 2.45) is 0 Å². The minimum Gasteiger partial charge on any atom is -0.332 e. The van der Waals surface area contributed by atoms with Crippen LogP contribution in [-0.2, 0) is 0 Å². The van der Waals surface area contributed by atoms with E-state index in [1.165, 1.54) is 0 Å². The van der Waals surface area contributed by atoms with Gasteiger partial charge in [0.1, 0.15) is 0 Å². The SMILES string of the molecule is C[C@@H]1CNCCN1C(=O)c1nccn2ccnc12.Cl.Cl. The summed E-state index contributed by atoms with van der Waals surface area (Å²) < 4.78 is 1.81. The van der Waals surface area contributed by atoms with Gasteiger partial charge in [-0.25, -0.2) is 9.97 Å². The summed E-state index contributed by atoms with van der Waals surface area (Å²) in [6, 6.07) is 0.184. The van der Waals surface area contributed by atoms with Gasteiger partial charge in [0.2, 0.25) is 0 Å². The van der Waals surface area contributed by atoms with Crippen LogP contribution >= 0.6 is 24.8 Å². The van der Waals surface area contributed by atoms with Gasteiger partial charge < -0.3 is 14.6 Å². The Bertz CT molecular complexity index is 588. The molecule has 1 atom stereocenters. The molecule has 0 spiro atoms. The number of hydrogen-bond donors (Lipinski definition) is 1. The largest absolute Gasteiger partial charge is 0.332 e. The van der Waals surface area contributed by atoms with E-state index >= 15 is 0 Å². The highest BCUT2D eigenvalue weighted by Gasteiger charge is 2.26. The summed E-state index contributed by atoms with van der Waals surface area (Å²) in [5.74, 6) is -0.0409. The van der Waals surface area contributed by atoms with E-state index in [0.29, 0.717) is 17.9 Å². The molecule has 0 aliphatic carbocycles. The number of aromatic nitrogens is 3. The zero-order valence-electron chi connectivity index (χ0n) is 11.0. The summed E-state index contributed by atoms with van der Waals surface area (Å²) in [6.07, 6.45) is 6.92. The predicted octanol–water partition coefficient (Wildman–Crippen LogP) is 1.01. The summed E-state index contributed by atoms with van der Waals surface area (Å²) >= 11 is 0. The number of nitrogens with zero attached hydrogens (tertiary/aromatic N) is 4. The third-order valence-corrected chi connectivity index (χ3v) is 3.28. The molecule has 1 fully saturated rings. The number of carbonyl (C=O) groups is 1. The fourth-order valence-corrected chi connectivity index (χ4v) is 2.28. The molecule has 110 valence electrons. The third kappa shape index (κ3) is 2.87. The Hall–Kier alpha value is -1.37. The van der Waals surface area contributed by atoms with Crippen LogP contribution in [0.1, 0.15) is 17.4 Å². The Balaban J connectivity index is 0.000001000. The first-order valence-electron chi connectivity index (χ1n) is 6.07. The second-order valence-electron chi connectivity index (χ2n) is 4.49. The molecule has 8 heteroatoms. The van der Waals surface area contributed by atoms with Crippen LogP contribution in [-0.4, -0.2) is 50.9 Å². The van der Waals surface area contributed by atoms with Crippen molar-refractivity contribution in [1.82, 2.24) is 24.6 Å². The molecule has 2 aromatic heterocycles. The molecule has 1 aliphatic heterocycles. The summed E-state index contributed by atoms with van der Waals surface area (Å²) in [5.41, 5.74) is 1.05. The molecular weight excluding hydrogens is 301 g/mol. The number of halogens is 2. The Labute approximate surface area is 129 Å². The van der Waals surface area contributed by atoms with Crippen molar-refractivity contribution in [2.75, 3.05) is 19.6 Å². The molecule has 1 saturated heterocycles.